The molecule has 2 aliphatic heterocycles. The number of fused-ring (bicyclic) bond motifs is 1. The van der Waals surface area contributed by atoms with Crippen molar-refractivity contribution >= 4 is 39.7 Å². The lowest BCUT2D eigenvalue weighted by atomic mass is 10.2. The van der Waals surface area contributed by atoms with Gasteiger partial charge in [-0.1, -0.05) is 18.2 Å². The largest absolute Gasteiger partial charge is 0.376 e. The normalized spacial score (nSPS) is 19.2. The standard InChI is InChI=1S/C22H27IN6O3/c1-26-19-18(20(30)29(22(26)31)14-16-6-4-12-32-16)28(13-15-5-2-3-7-17(15)23)21(25-19)27-10-8-24-9-11-27/h2-3,5,7,16,24H,4,6,8-14H2,1H3. The van der Waals surface area contributed by atoms with Crippen molar-refractivity contribution in [3.63, 3.8) is 0 Å². The molecule has 5 rings (SSSR count). The summed E-state index contributed by atoms with van der Waals surface area (Å²) in [4.78, 5) is 33.8. The molecule has 32 heavy (non-hydrogen) atoms. The minimum atomic E-state index is -0.344. The van der Waals surface area contributed by atoms with Crippen molar-refractivity contribution in [2.75, 3.05) is 37.7 Å². The first-order valence-electron chi connectivity index (χ1n) is 11.1. The number of imidazole rings is 1. The minimum absolute atomic E-state index is 0.100. The molecular formula is C22H27IN6O3. The molecule has 0 saturated carbocycles. The van der Waals surface area contributed by atoms with Gasteiger partial charge >= 0.3 is 5.69 Å². The number of aryl methyl sites for hydroxylation is 1. The van der Waals surface area contributed by atoms with Gasteiger partial charge in [0.1, 0.15) is 0 Å². The van der Waals surface area contributed by atoms with Crippen LogP contribution in [0.25, 0.3) is 11.2 Å². The number of aromatic nitrogens is 4. The van der Waals surface area contributed by atoms with Crippen molar-refractivity contribution in [2.24, 2.45) is 7.05 Å². The van der Waals surface area contributed by atoms with Crippen molar-refractivity contribution in [1.29, 1.82) is 0 Å². The number of ether oxygens (including phenoxy) is 1. The van der Waals surface area contributed by atoms with Crippen molar-refractivity contribution in [3.8, 4) is 0 Å². The first kappa shape index (κ1) is 21.7. The maximum Gasteiger partial charge on any atom is 0.332 e. The zero-order chi connectivity index (χ0) is 22.2. The quantitative estimate of drug-likeness (QED) is 0.480. The summed E-state index contributed by atoms with van der Waals surface area (Å²) in [5.74, 6) is 0.739. The first-order valence-corrected chi connectivity index (χ1v) is 12.1. The van der Waals surface area contributed by atoms with Crippen LogP contribution in [0.5, 0.6) is 0 Å². The molecule has 2 aromatic heterocycles. The van der Waals surface area contributed by atoms with Gasteiger partial charge in [0.25, 0.3) is 5.56 Å². The van der Waals surface area contributed by atoms with Crippen LogP contribution >= 0.6 is 22.6 Å². The van der Waals surface area contributed by atoms with E-state index in [-0.39, 0.29) is 23.9 Å². The van der Waals surface area contributed by atoms with Gasteiger partial charge < -0.3 is 15.0 Å². The Bertz CT molecular complexity index is 1250. The van der Waals surface area contributed by atoms with Crippen LogP contribution in [0.1, 0.15) is 18.4 Å². The molecule has 1 aromatic carbocycles. The van der Waals surface area contributed by atoms with E-state index in [2.05, 4.69) is 44.9 Å². The molecule has 1 unspecified atom stereocenters. The van der Waals surface area contributed by atoms with Crippen LogP contribution in [-0.4, -0.2) is 57.6 Å². The Kier molecular flexibility index (Phi) is 6.08. The number of anilines is 1. The summed E-state index contributed by atoms with van der Waals surface area (Å²) in [7, 11) is 1.70. The van der Waals surface area contributed by atoms with Crippen LogP contribution in [0.3, 0.4) is 0 Å². The molecule has 2 saturated heterocycles. The van der Waals surface area contributed by atoms with E-state index in [1.165, 1.54) is 9.13 Å². The predicted molar refractivity (Wildman–Crippen MR) is 132 cm³/mol. The number of halogens is 1. The van der Waals surface area contributed by atoms with E-state index < -0.39 is 0 Å². The van der Waals surface area contributed by atoms with E-state index in [9.17, 15) is 9.59 Å². The second-order valence-corrected chi connectivity index (χ2v) is 9.55. The third-order valence-electron chi connectivity index (χ3n) is 6.31. The highest BCUT2D eigenvalue weighted by Crippen LogP contribution is 2.24. The molecule has 1 atom stereocenters. The fourth-order valence-electron chi connectivity index (χ4n) is 4.57. The summed E-state index contributed by atoms with van der Waals surface area (Å²) in [6.07, 6.45) is 1.72. The summed E-state index contributed by atoms with van der Waals surface area (Å²) in [5, 5.41) is 3.36. The lowest BCUT2D eigenvalue weighted by Crippen LogP contribution is -2.44. The third kappa shape index (κ3) is 3.88. The molecule has 9 nitrogen and oxygen atoms in total. The molecular weight excluding hydrogens is 523 g/mol. The third-order valence-corrected chi connectivity index (χ3v) is 7.36. The van der Waals surface area contributed by atoms with Gasteiger partial charge in [-0.05, 0) is 47.1 Å². The van der Waals surface area contributed by atoms with E-state index in [0.717, 1.165) is 54.1 Å². The zero-order valence-corrected chi connectivity index (χ0v) is 20.2. The molecule has 3 aromatic rings. The van der Waals surface area contributed by atoms with Crippen LogP contribution in [0, 0.1) is 3.57 Å². The van der Waals surface area contributed by atoms with Crippen LogP contribution in [-0.2, 0) is 24.9 Å². The molecule has 10 heteroatoms. The predicted octanol–water partition coefficient (Wildman–Crippen LogP) is 1.14. The van der Waals surface area contributed by atoms with E-state index in [4.69, 9.17) is 9.72 Å². The van der Waals surface area contributed by atoms with Crippen molar-refractivity contribution in [2.45, 2.75) is 32.0 Å². The Morgan fingerprint density at radius 1 is 1.19 bits per heavy atom. The Labute approximate surface area is 199 Å². The van der Waals surface area contributed by atoms with Crippen LogP contribution < -0.4 is 21.5 Å². The molecule has 2 aliphatic rings. The van der Waals surface area contributed by atoms with Gasteiger partial charge in [-0.2, -0.15) is 4.98 Å². The maximum absolute atomic E-state index is 13.7. The van der Waals surface area contributed by atoms with Gasteiger partial charge in [-0.15, -0.1) is 0 Å². The number of hydrogen-bond acceptors (Lipinski definition) is 6. The zero-order valence-electron chi connectivity index (χ0n) is 18.1. The fraction of sp³-hybridized carbons (Fsp3) is 0.500. The Morgan fingerprint density at radius 3 is 2.69 bits per heavy atom. The van der Waals surface area contributed by atoms with Crippen LogP contribution in [0.2, 0.25) is 0 Å². The number of nitrogens with one attached hydrogen (secondary N) is 1. The van der Waals surface area contributed by atoms with E-state index in [1.807, 2.05) is 16.7 Å². The number of nitrogens with zero attached hydrogens (tertiary/aromatic N) is 5. The highest BCUT2D eigenvalue weighted by atomic mass is 127. The van der Waals surface area contributed by atoms with Gasteiger partial charge in [0, 0.05) is 43.4 Å². The highest BCUT2D eigenvalue weighted by Gasteiger charge is 2.26. The summed E-state index contributed by atoms with van der Waals surface area (Å²) in [5.41, 5.74) is 1.38. The maximum atomic E-state index is 13.7. The highest BCUT2D eigenvalue weighted by molar-refractivity contribution is 14.1. The average Bonchev–Trinajstić information content (AvgIpc) is 3.46. The second-order valence-electron chi connectivity index (χ2n) is 8.39. The van der Waals surface area contributed by atoms with Crippen LogP contribution in [0.15, 0.2) is 33.9 Å². The van der Waals surface area contributed by atoms with Crippen LogP contribution in [0.4, 0.5) is 5.95 Å². The van der Waals surface area contributed by atoms with Crippen molar-refractivity contribution in [3.05, 3.63) is 54.2 Å². The number of rotatable bonds is 5. The summed E-state index contributed by atoms with van der Waals surface area (Å²) in [6, 6.07) is 8.15. The van der Waals surface area contributed by atoms with E-state index in [0.29, 0.717) is 24.3 Å². The minimum Gasteiger partial charge on any atom is -0.376 e. The first-order chi connectivity index (χ1) is 15.5. The SMILES string of the molecule is Cn1c(=O)n(CC2CCCO2)c(=O)c2c1nc(N1CCNCC1)n2Cc1ccccc1I. The summed E-state index contributed by atoms with van der Waals surface area (Å²) >= 11 is 2.32. The number of benzene rings is 1. The van der Waals surface area contributed by atoms with E-state index in [1.54, 1.807) is 7.05 Å². The lowest BCUT2D eigenvalue weighted by molar-refractivity contribution is 0.0949. The molecule has 0 amide bonds. The second kappa shape index (κ2) is 8.99. The molecule has 170 valence electrons. The van der Waals surface area contributed by atoms with Gasteiger partial charge in [-0.3, -0.25) is 18.5 Å². The molecule has 0 spiro atoms. The summed E-state index contributed by atoms with van der Waals surface area (Å²) in [6.45, 7) is 4.78. The monoisotopic (exact) mass is 550 g/mol. The molecule has 0 aliphatic carbocycles. The number of hydrogen-bond donors (Lipinski definition) is 1. The van der Waals surface area contributed by atoms with Gasteiger partial charge in [0.05, 0.1) is 19.2 Å². The Balaban J connectivity index is 1.71. The molecule has 4 heterocycles. The van der Waals surface area contributed by atoms with Crippen molar-refractivity contribution < 1.29 is 4.74 Å². The Hall–Kier alpha value is -2.18. The van der Waals surface area contributed by atoms with Crippen molar-refractivity contribution in [1.82, 2.24) is 24.0 Å². The number of piperazine rings is 1. The molecule has 0 bridgehead atoms. The summed E-state index contributed by atoms with van der Waals surface area (Å²) < 4.78 is 11.7. The molecule has 2 fully saturated rings. The van der Waals surface area contributed by atoms with Gasteiger partial charge in [0.15, 0.2) is 11.2 Å². The smallest absolute Gasteiger partial charge is 0.332 e. The van der Waals surface area contributed by atoms with Gasteiger partial charge in [-0.25, -0.2) is 4.79 Å². The molecule has 0 radical (unpaired) electrons. The topological polar surface area (TPSA) is 86.3 Å². The van der Waals surface area contributed by atoms with Gasteiger partial charge in [0.2, 0.25) is 5.95 Å². The average molecular weight is 550 g/mol. The van der Waals surface area contributed by atoms with E-state index >= 15 is 0 Å². The molecule has 1 N–H and O–H groups in total. The Morgan fingerprint density at radius 2 is 1.97 bits per heavy atom. The fourth-order valence-corrected chi connectivity index (χ4v) is 5.12. The lowest BCUT2D eigenvalue weighted by Gasteiger charge is -2.28.